The van der Waals surface area contributed by atoms with Gasteiger partial charge in [-0.3, -0.25) is 0 Å². The molecule has 0 aliphatic carbocycles. The number of carbonyl (C=O) groups is 1. The molecule has 0 spiro atoms. The highest BCUT2D eigenvalue weighted by molar-refractivity contribution is 5.74. The van der Waals surface area contributed by atoms with Gasteiger partial charge in [0, 0.05) is 18.5 Å². The smallest absolute Gasteiger partial charge is 0.318 e. The first-order valence-corrected chi connectivity index (χ1v) is 7.35. The van der Waals surface area contributed by atoms with Gasteiger partial charge in [-0.25, -0.2) is 4.79 Å². The molecule has 1 saturated heterocycles. The van der Waals surface area contributed by atoms with E-state index in [4.69, 9.17) is 4.52 Å². The Balaban J connectivity index is 1.96. The molecule has 1 fully saturated rings. The van der Waals surface area contributed by atoms with Crippen LogP contribution in [0.3, 0.4) is 0 Å². The number of amides is 2. The second-order valence-electron chi connectivity index (χ2n) is 6.62. The molecule has 21 heavy (non-hydrogen) atoms. The van der Waals surface area contributed by atoms with Crippen LogP contribution in [0.25, 0.3) is 0 Å². The summed E-state index contributed by atoms with van der Waals surface area (Å²) in [6.45, 7) is 8.83. The fraction of sp³-hybridized carbons (Fsp3) is 0.786. The molecule has 0 radical (unpaired) electrons. The summed E-state index contributed by atoms with van der Waals surface area (Å²) in [5, 5.41) is 16.4. The topological polar surface area (TPSA) is 91.5 Å². The summed E-state index contributed by atoms with van der Waals surface area (Å²) in [5.74, 6) is 1.01. The van der Waals surface area contributed by atoms with E-state index in [1.165, 1.54) is 0 Å². The summed E-state index contributed by atoms with van der Waals surface area (Å²) >= 11 is 0. The molecule has 118 valence electrons. The summed E-state index contributed by atoms with van der Waals surface area (Å²) in [4.78, 5) is 18.1. The fourth-order valence-corrected chi connectivity index (χ4v) is 2.19. The monoisotopic (exact) mass is 296 g/mol. The fourth-order valence-electron chi connectivity index (χ4n) is 2.19. The van der Waals surface area contributed by atoms with E-state index >= 15 is 0 Å². The van der Waals surface area contributed by atoms with E-state index in [-0.39, 0.29) is 17.5 Å². The Morgan fingerprint density at radius 2 is 2.24 bits per heavy atom. The number of aliphatic hydroxyl groups excluding tert-OH is 1. The van der Waals surface area contributed by atoms with Crippen molar-refractivity contribution in [2.45, 2.75) is 58.1 Å². The van der Waals surface area contributed by atoms with Gasteiger partial charge in [-0.1, -0.05) is 25.9 Å². The molecule has 1 aromatic rings. The lowest BCUT2D eigenvalue weighted by atomic mass is 9.96. The van der Waals surface area contributed by atoms with Crippen LogP contribution in [-0.4, -0.2) is 45.4 Å². The summed E-state index contributed by atoms with van der Waals surface area (Å²) < 4.78 is 5.22. The van der Waals surface area contributed by atoms with E-state index in [0.29, 0.717) is 24.8 Å². The molecule has 0 aromatic carbocycles. The summed E-state index contributed by atoms with van der Waals surface area (Å²) in [5.41, 5.74) is -0.192. The maximum absolute atomic E-state index is 12.1. The zero-order chi connectivity index (χ0) is 15.6. The molecule has 2 N–H and O–H groups in total. The third-order valence-corrected chi connectivity index (χ3v) is 3.51. The van der Waals surface area contributed by atoms with Crippen molar-refractivity contribution in [3.05, 3.63) is 11.7 Å². The molecule has 2 atom stereocenters. The minimum atomic E-state index is -0.435. The van der Waals surface area contributed by atoms with Crippen LogP contribution in [0.2, 0.25) is 0 Å². The Kier molecular flexibility index (Phi) is 4.51. The van der Waals surface area contributed by atoms with Crippen LogP contribution in [0.15, 0.2) is 4.52 Å². The number of rotatable bonds is 2. The van der Waals surface area contributed by atoms with Gasteiger partial charge >= 0.3 is 6.03 Å². The molecule has 2 amide bonds. The number of β-amino-alcohol motifs (C(OH)–C–C–N with tert-alkyl or cyclic N) is 1. The van der Waals surface area contributed by atoms with Gasteiger partial charge in [0.25, 0.3) is 0 Å². The molecule has 1 aromatic heterocycles. The molecule has 2 unspecified atom stereocenters. The van der Waals surface area contributed by atoms with Crippen molar-refractivity contribution in [2.75, 3.05) is 13.1 Å². The highest BCUT2D eigenvalue weighted by Crippen LogP contribution is 2.21. The molecule has 7 heteroatoms. The molecule has 1 aliphatic rings. The SMILES string of the molecule is CC(NC(=O)N1CCCC(O)C1)c1nc(C(C)(C)C)no1. The summed E-state index contributed by atoms with van der Waals surface area (Å²) in [7, 11) is 0. The number of urea groups is 1. The van der Waals surface area contributed by atoms with Crippen molar-refractivity contribution in [3.63, 3.8) is 0 Å². The van der Waals surface area contributed by atoms with Crippen molar-refractivity contribution < 1.29 is 14.4 Å². The van der Waals surface area contributed by atoms with Crippen LogP contribution in [0, 0.1) is 0 Å². The van der Waals surface area contributed by atoms with Crippen molar-refractivity contribution in [2.24, 2.45) is 0 Å². The first-order valence-electron chi connectivity index (χ1n) is 7.35. The van der Waals surface area contributed by atoms with Gasteiger partial charge in [0.2, 0.25) is 5.89 Å². The maximum Gasteiger partial charge on any atom is 0.318 e. The number of likely N-dealkylation sites (tertiary alicyclic amines) is 1. The number of hydrogen-bond acceptors (Lipinski definition) is 5. The predicted octanol–water partition coefficient (Wildman–Crippen LogP) is 1.59. The number of aromatic nitrogens is 2. The Morgan fingerprint density at radius 1 is 1.52 bits per heavy atom. The van der Waals surface area contributed by atoms with Gasteiger partial charge in [0.05, 0.1) is 6.10 Å². The minimum Gasteiger partial charge on any atom is -0.391 e. The van der Waals surface area contributed by atoms with Crippen LogP contribution in [0.5, 0.6) is 0 Å². The first kappa shape index (κ1) is 15.8. The van der Waals surface area contributed by atoms with Crippen LogP contribution in [0.4, 0.5) is 4.79 Å². The molecule has 1 aliphatic heterocycles. The lowest BCUT2D eigenvalue weighted by Gasteiger charge is -2.30. The average Bonchev–Trinajstić information content (AvgIpc) is 2.88. The first-order chi connectivity index (χ1) is 9.77. The Labute approximate surface area is 124 Å². The highest BCUT2D eigenvalue weighted by Gasteiger charge is 2.26. The number of nitrogens with zero attached hydrogens (tertiary/aromatic N) is 3. The van der Waals surface area contributed by atoms with Gasteiger partial charge in [-0.2, -0.15) is 4.98 Å². The van der Waals surface area contributed by atoms with Crippen molar-refractivity contribution >= 4 is 6.03 Å². The molecule has 2 heterocycles. The molecule has 0 saturated carbocycles. The van der Waals surface area contributed by atoms with Gasteiger partial charge in [-0.15, -0.1) is 0 Å². The van der Waals surface area contributed by atoms with Crippen LogP contribution < -0.4 is 5.32 Å². The van der Waals surface area contributed by atoms with Crippen molar-refractivity contribution in [1.29, 1.82) is 0 Å². The lowest BCUT2D eigenvalue weighted by molar-refractivity contribution is 0.0831. The quantitative estimate of drug-likeness (QED) is 0.865. The standard InChI is InChI=1S/C14H24N4O3/c1-9(11-16-12(17-21-11)14(2,3)4)15-13(20)18-7-5-6-10(19)8-18/h9-10,19H,5-8H2,1-4H3,(H,15,20). The molecular weight excluding hydrogens is 272 g/mol. The number of piperidine rings is 1. The van der Waals surface area contributed by atoms with E-state index in [1.54, 1.807) is 11.8 Å². The lowest BCUT2D eigenvalue weighted by Crippen LogP contribution is -2.47. The van der Waals surface area contributed by atoms with Crippen LogP contribution in [-0.2, 0) is 5.41 Å². The Morgan fingerprint density at radius 3 is 2.81 bits per heavy atom. The average molecular weight is 296 g/mol. The van der Waals surface area contributed by atoms with Crippen LogP contribution in [0.1, 0.15) is 58.3 Å². The minimum absolute atomic E-state index is 0.192. The number of aliphatic hydroxyl groups is 1. The Hall–Kier alpha value is -1.63. The van der Waals surface area contributed by atoms with Gasteiger partial charge < -0.3 is 19.8 Å². The van der Waals surface area contributed by atoms with Gasteiger partial charge in [0.15, 0.2) is 5.82 Å². The van der Waals surface area contributed by atoms with Crippen LogP contribution >= 0.6 is 0 Å². The van der Waals surface area contributed by atoms with E-state index in [0.717, 1.165) is 12.8 Å². The number of hydrogen-bond donors (Lipinski definition) is 2. The summed E-state index contributed by atoms with van der Waals surface area (Å²) in [6.07, 6.45) is 1.13. The number of nitrogens with one attached hydrogen (secondary N) is 1. The third-order valence-electron chi connectivity index (χ3n) is 3.51. The maximum atomic E-state index is 12.1. The van der Waals surface area contributed by atoms with Gasteiger partial charge in [0.1, 0.15) is 6.04 Å². The normalized spacial score (nSPS) is 21.2. The largest absolute Gasteiger partial charge is 0.391 e. The zero-order valence-electron chi connectivity index (χ0n) is 13.1. The number of carbonyl (C=O) groups excluding carboxylic acids is 1. The second-order valence-corrected chi connectivity index (χ2v) is 6.62. The van der Waals surface area contributed by atoms with E-state index in [1.807, 2.05) is 20.8 Å². The van der Waals surface area contributed by atoms with Crippen molar-refractivity contribution in [3.8, 4) is 0 Å². The molecule has 7 nitrogen and oxygen atoms in total. The van der Waals surface area contributed by atoms with Crippen molar-refractivity contribution in [1.82, 2.24) is 20.4 Å². The molecule has 0 bridgehead atoms. The predicted molar refractivity (Wildman–Crippen MR) is 76.8 cm³/mol. The van der Waals surface area contributed by atoms with E-state index < -0.39 is 6.10 Å². The second kappa shape index (κ2) is 6.01. The Bertz CT molecular complexity index is 495. The van der Waals surface area contributed by atoms with E-state index in [2.05, 4.69) is 15.5 Å². The molecular formula is C14H24N4O3. The van der Waals surface area contributed by atoms with E-state index in [9.17, 15) is 9.90 Å². The highest BCUT2D eigenvalue weighted by atomic mass is 16.5. The molecule has 2 rings (SSSR count). The van der Waals surface area contributed by atoms with Gasteiger partial charge in [-0.05, 0) is 19.8 Å². The third kappa shape index (κ3) is 3.93. The summed E-state index contributed by atoms with van der Waals surface area (Å²) in [6, 6.07) is -0.572. The zero-order valence-corrected chi connectivity index (χ0v) is 13.1.